The molecular formula is C9H15BrN2OS2. The quantitative estimate of drug-likeness (QED) is 0.873. The van der Waals surface area contributed by atoms with Crippen LogP contribution in [0.3, 0.4) is 0 Å². The second-order valence-corrected chi connectivity index (χ2v) is 8.66. The number of aromatic nitrogens is 1. The Morgan fingerprint density at radius 1 is 1.60 bits per heavy atom. The smallest absolute Gasteiger partial charge is 0.136 e. The van der Waals surface area contributed by atoms with E-state index in [1.165, 1.54) is 0 Å². The van der Waals surface area contributed by atoms with Gasteiger partial charge in [0.05, 0.1) is 9.98 Å². The Labute approximate surface area is 106 Å². The molecule has 0 bridgehead atoms. The number of hydrogen-bond acceptors (Lipinski definition) is 4. The summed E-state index contributed by atoms with van der Waals surface area (Å²) >= 11 is 3.86. The lowest BCUT2D eigenvalue weighted by Crippen LogP contribution is -2.40. The zero-order valence-corrected chi connectivity index (χ0v) is 12.4. The fraction of sp³-hybridized carbons (Fsp3) is 0.667. The van der Waals surface area contributed by atoms with Crippen molar-refractivity contribution in [1.29, 1.82) is 0 Å². The molecule has 0 saturated heterocycles. The van der Waals surface area contributed by atoms with Crippen molar-refractivity contribution >= 4 is 38.6 Å². The maximum absolute atomic E-state index is 11.8. The van der Waals surface area contributed by atoms with E-state index in [4.69, 9.17) is 0 Å². The Bertz CT molecular complexity index is 324. The van der Waals surface area contributed by atoms with Crippen LogP contribution in [0.1, 0.15) is 38.7 Å². The van der Waals surface area contributed by atoms with Crippen LogP contribution >= 0.6 is 27.3 Å². The molecule has 15 heavy (non-hydrogen) atoms. The van der Waals surface area contributed by atoms with Crippen molar-refractivity contribution in [1.82, 2.24) is 9.71 Å². The van der Waals surface area contributed by atoms with Crippen LogP contribution in [0, 0.1) is 0 Å². The highest BCUT2D eigenvalue weighted by Gasteiger charge is 2.29. The molecule has 1 rings (SSSR count). The van der Waals surface area contributed by atoms with Gasteiger partial charge < -0.3 is 4.55 Å². The maximum Gasteiger partial charge on any atom is 0.136 e. The minimum atomic E-state index is -1.06. The van der Waals surface area contributed by atoms with E-state index in [-0.39, 0.29) is 10.8 Å². The third-order valence-corrected chi connectivity index (χ3v) is 5.04. The molecule has 0 spiro atoms. The number of nitrogens with zero attached hydrogens (tertiary/aromatic N) is 1. The summed E-state index contributed by atoms with van der Waals surface area (Å²) in [5.74, 6) is 0. The molecule has 0 radical (unpaired) electrons. The van der Waals surface area contributed by atoms with Gasteiger partial charge in [-0.3, -0.25) is 0 Å². The van der Waals surface area contributed by atoms with Gasteiger partial charge in [-0.1, -0.05) is 0 Å². The number of halogens is 1. The molecule has 0 aliphatic heterocycles. The highest BCUT2D eigenvalue weighted by Crippen LogP contribution is 2.26. The largest absolute Gasteiger partial charge is 0.598 e. The van der Waals surface area contributed by atoms with Gasteiger partial charge in [-0.25, -0.2) is 4.98 Å². The van der Waals surface area contributed by atoms with Crippen LogP contribution in [-0.2, 0) is 11.4 Å². The van der Waals surface area contributed by atoms with Crippen LogP contribution < -0.4 is 4.72 Å². The lowest BCUT2D eigenvalue weighted by atomic mass is 10.3. The summed E-state index contributed by atoms with van der Waals surface area (Å²) in [6.07, 6.45) is 1.76. The zero-order valence-electron chi connectivity index (χ0n) is 9.20. The molecule has 0 saturated carbocycles. The lowest BCUT2D eigenvalue weighted by molar-refractivity contribution is 0.531. The topological polar surface area (TPSA) is 48.0 Å². The molecule has 0 amide bonds. The summed E-state index contributed by atoms with van der Waals surface area (Å²) in [5.41, 5.74) is 0. The van der Waals surface area contributed by atoms with Crippen molar-refractivity contribution in [3.63, 3.8) is 0 Å². The average molecular weight is 311 g/mol. The molecule has 1 aromatic heterocycles. The Hall–Kier alpha value is 0.380. The second-order valence-electron chi connectivity index (χ2n) is 4.22. The minimum Gasteiger partial charge on any atom is -0.598 e. The van der Waals surface area contributed by atoms with E-state index in [2.05, 4.69) is 25.6 Å². The Morgan fingerprint density at radius 2 is 2.20 bits per heavy atom. The van der Waals surface area contributed by atoms with E-state index in [0.29, 0.717) is 0 Å². The van der Waals surface area contributed by atoms with Crippen LogP contribution in [0.5, 0.6) is 0 Å². The fourth-order valence-corrected chi connectivity index (χ4v) is 2.96. The molecule has 1 N–H and O–H groups in total. The van der Waals surface area contributed by atoms with Crippen LogP contribution in [0.2, 0.25) is 0 Å². The number of nitrogens with one attached hydrogen (secondary N) is 1. The minimum absolute atomic E-state index is 0.0151. The van der Waals surface area contributed by atoms with Crippen molar-refractivity contribution in [3.05, 3.63) is 15.0 Å². The van der Waals surface area contributed by atoms with Crippen LogP contribution in [0.4, 0.5) is 0 Å². The second kappa shape index (κ2) is 5.14. The highest BCUT2D eigenvalue weighted by atomic mass is 79.9. The Morgan fingerprint density at radius 3 is 2.60 bits per heavy atom. The molecule has 0 fully saturated rings. The Balaban J connectivity index is 2.60. The first-order valence-corrected chi connectivity index (χ1v) is 7.36. The van der Waals surface area contributed by atoms with Crippen LogP contribution in [0.15, 0.2) is 9.98 Å². The first kappa shape index (κ1) is 13.4. The summed E-state index contributed by atoms with van der Waals surface area (Å²) in [6.45, 7) is 7.80. The van der Waals surface area contributed by atoms with E-state index in [9.17, 15) is 4.55 Å². The van der Waals surface area contributed by atoms with E-state index in [1.54, 1.807) is 17.5 Å². The van der Waals surface area contributed by atoms with Gasteiger partial charge in [0.15, 0.2) is 0 Å². The number of hydrogen-bond donors (Lipinski definition) is 1. The summed E-state index contributed by atoms with van der Waals surface area (Å²) in [4.78, 5) is 4.23. The molecule has 1 heterocycles. The first-order chi connectivity index (χ1) is 6.80. The van der Waals surface area contributed by atoms with Crippen LogP contribution in [0.25, 0.3) is 0 Å². The molecule has 0 aliphatic carbocycles. The number of thiazole rings is 1. The van der Waals surface area contributed by atoms with Gasteiger partial charge in [-0.05, 0) is 43.6 Å². The highest BCUT2D eigenvalue weighted by molar-refractivity contribution is 9.11. The molecule has 86 valence electrons. The maximum atomic E-state index is 11.8. The van der Waals surface area contributed by atoms with Gasteiger partial charge in [0, 0.05) is 11.4 Å². The van der Waals surface area contributed by atoms with Crippen LogP contribution in [-0.4, -0.2) is 14.3 Å². The van der Waals surface area contributed by atoms with Gasteiger partial charge in [0.1, 0.15) is 15.8 Å². The predicted molar refractivity (Wildman–Crippen MR) is 69.3 cm³/mol. The van der Waals surface area contributed by atoms with E-state index in [1.807, 2.05) is 27.7 Å². The van der Waals surface area contributed by atoms with E-state index < -0.39 is 11.4 Å². The monoisotopic (exact) mass is 310 g/mol. The lowest BCUT2D eigenvalue weighted by Gasteiger charge is -2.25. The van der Waals surface area contributed by atoms with E-state index >= 15 is 0 Å². The van der Waals surface area contributed by atoms with Crippen molar-refractivity contribution in [2.75, 3.05) is 0 Å². The summed E-state index contributed by atoms with van der Waals surface area (Å²) in [7, 11) is 0. The normalized spacial score (nSPS) is 16.4. The molecule has 2 atom stereocenters. The molecule has 3 nitrogen and oxygen atoms in total. The molecular weight excluding hydrogens is 296 g/mol. The SMILES string of the molecule is C[C@@H](N[S@@+]([O-])C(C)(C)C)c1ncc(Br)s1. The molecule has 0 unspecified atom stereocenters. The van der Waals surface area contributed by atoms with Crippen molar-refractivity contribution < 1.29 is 4.55 Å². The van der Waals surface area contributed by atoms with Gasteiger partial charge in [0.25, 0.3) is 0 Å². The van der Waals surface area contributed by atoms with Gasteiger partial charge in [-0.15, -0.1) is 16.1 Å². The molecule has 0 aliphatic rings. The molecule has 6 heteroatoms. The average Bonchev–Trinajstić information content (AvgIpc) is 2.50. The summed E-state index contributed by atoms with van der Waals surface area (Å²) in [6, 6.07) is 0.0151. The van der Waals surface area contributed by atoms with E-state index in [0.717, 1.165) is 8.79 Å². The van der Waals surface area contributed by atoms with Crippen molar-refractivity contribution in [2.45, 2.75) is 38.5 Å². The van der Waals surface area contributed by atoms with Gasteiger partial charge >= 0.3 is 0 Å². The summed E-state index contributed by atoms with van der Waals surface area (Å²) < 4.78 is 15.6. The number of rotatable bonds is 3. The van der Waals surface area contributed by atoms with Crippen molar-refractivity contribution in [3.8, 4) is 0 Å². The predicted octanol–water partition coefficient (Wildman–Crippen LogP) is 3.02. The van der Waals surface area contributed by atoms with Gasteiger partial charge in [-0.2, -0.15) is 0 Å². The third kappa shape index (κ3) is 4.03. The Kier molecular flexibility index (Phi) is 4.61. The molecule has 1 aromatic rings. The zero-order chi connectivity index (χ0) is 11.6. The first-order valence-electron chi connectivity index (χ1n) is 4.60. The van der Waals surface area contributed by atoms with Crippen molar-refractivity contribution in [2.24, 2.45) is 0 Å². The fourth-order valence-electron chi connectivity index (χ4n) is 0.855. The molecule has 0 aromatic carbocycles. The summed E-state index contributed by atoms with van der Waals surface area (Å²) in [5, 5.41) is 0.944. The standard InChI is InChI=1S/C9H15BrN2OS2/c1-6(8-11-5-7(10)14-8)12-15(13)9(2,3)4/h5-6,12H,1-4H3/t6-,15+/m1/s1. The third-order valence-electron chi connectivity index (χ3n) is 1.71. The van der Waals surface area contributed by atoms with Gasteiger partial charge in [0.2, 0.25) is 0 Å².